The third kappa shape index (κ3) is 2.27. The second-order valence-corrected chi connectivity index (χ2v) is 5.35. The summed E-state index contributed by atoms with van der Waals surface area (Å²) in [4.78, 5) is 2.24. The predicted molar refractivity (Wildman–Crippen MR) is 66.1 cm³/mol. The summed E-state index contributed by atoms with van der Waals surface area (Å²) in [6, 6.07) is 5.07. The van der Waals surface area contributed by atoms with Gasteiger partial charge in [-0.15, -0.1) is 0 Å². The SMILES string of the molecule is Fc1cccc(CN2CCC3NCCC3C2)c1F. The number of hydrogen-bond acceptors (Lipinski definition) is 2. The lowest BCUT2D eigenvalue weighted by Gasteiger charge is -2.34. The maximum Gasteiger partial charge on any atom is 0.163 e. The second-order valence-electron chi connectivity index (χ2n) is 5.35. The van der Waals surface area contributed by atoms with Crippen LogP contribution < -0.4 is 5.32 Å². The van der Waals surface area contributed by atoms with Crippen LogP contribution in [0.3, 0.4) is 0 Å². The number of rotatable bonds is 2. The van der Waals surface area contributed by atoms with Crippen molar-refractivity contribution in [2.75, 3.05) is 19.6 Å². The number of hydrogen-bond donors (Lipinski definition) is 1. The number of nitrogens with zero attached hydrogens (tertiary/aromatic N) is 1. The molecule has 0 aromatic heterocycles. The number of fused-ring (bicyclic) bond motifs is 1. The average molecular weight is 252 g/mol. The van der Waals surface area contributed by atoms with Crippen LogP contribution >= 0.6 is 0 Å². The van der Waals surface area contributed by atoms with Gasteiger partial charge in [-0.2, -0.15) is 0 Å². The maximum absolute atomic E-state index is 13.6. The molecule has 2 saturated heterocycles. The van der Waals surface area contributed by atoms with Crippen molar-refractivity contribution >= 4 is 0 Å². The smallest absolute Gasteiger partial charge is 0.163 e. The van der Waals surface area contributed by atoms with Gasteiger partial charge >= 0.3 is 0 Å². The first-order valence-electron chi connectivity index (χ1n) is 6.62. The van der Waals surface area contributed by atoms with Crippen LogP contribution in [0.15, 0.2) is 18.2 Å². The molecule has 2 unspecified atom stereocenters. The Balaban J connectivity index is 1.68. The van der Waals surface area contributed by atoms with Gasteiger partial charge in [-0.25, -0.2) is 8.78 Å². The summed E-state index contributed by atoms with van der Waals surface area (Å²) in [5.41, 5.74) is 0.472. The molecule has 4 heteroatoms. The van der Waals surface area contributed by atoms with Crippen molar-refractivity contribution in [3.63, 3.8) is 0 Å². The van der Waals surface area contributed by atoms with Crippen LogP contribution in [0.5, 0.6) is 0 Å². The fourth-order valence-corrected chi connectivity index (χ4v) is 3.18. The predicted octanol–water partition coefficient (Wildman–Crippen LogP) is 2.15. The van der Waals surface area contributed by atoms with Crippen molar-refractivity contribution in [1.82, 2.24) is 10.2 Å². The second kappa shape index (κ2) is 4.94. The van der Waals surface area contributed by atoms with E-state index in [0.29, 0.717) is 24.1 Å². The first-order chi connectivity index (χ1) is 8.74. The Kier molecular flexibility index (Phi) is 3.31. The van der Waals surface area contributed by atoms with Crippen molar-refractivity contribution < 1.29 is 8.78 Å². The molecule has 1 N–H and O–H groups in total. The van der Waals surface area contributed by atoms with Gasteiger partial charge in [0.05, 0.1) is 0 Å². The van der Waals surface area contributed by atoms with Crippen molar-refractivity contribution in [3.8, 4) is 0 Å². The highest BCUT2D eigenvalue weighted by atomic mass is 19.2. The van der Waals surface area contributed by atoms with Gasteiger partial charge in [0.15, 0.2) is 11.6 Å². The molecule has 1 aromatic rings. The van der Waals surface area contributed by atoms with E-state index in [9.17, 15) is 8.78 Å². The molecular formula is C14H18F2N2. The molecule has 2 atom stereocenters. The first kappa shape index (κ1) is 12.1. The van der Waals surface area contributed by atoms with Crippen LogP contribution in [-0.4, -0.2) is 30.6 Å². The lowest BCUT2D eigenvalue weighted by molar-refractivity contribution is 0.154. The Bertz CT molecular complexity index is 436. The van der Waals surface area contributed by atoms with E-state index in [0.717, 1.165) is 26.1 Å². The third-order valence-corrected chi connectivity index (χ3v) is 4.17. The fourth-order valence-electron chi connectivity index (χ4n) is 3.18. The van der Waals surface area contributed by atoms with Gasteiger partial charge in [0, 0.05) is 24.7 Å². The molecule has 0 amide bonds. The monoisotopic (exact) mass is 252 g/mol. The summed E-state index contributed by atoms with van der Waals surface area (Å²) in [5, 5.41) is 3.50. The number of benzene rings is 1. The normalized spacial score (nSPS) is 28.3. The Morgan fingerprint density at radius 1 is 1.28 bits per heavy atom. The zero-order valence-corrected chi connectivity index (χ0v) is 10.3. The molecule has 2 aliphatic rings. The minimum Gasteiger partial charge on any atom is -0.314 e. The van der Waals surface area contributed by atoms with Gasteiger partial charge in [0.1, 0.15) is 0 Å². The number of halogens is 2. The molecule has 1 aromatic carbocycles. The van der Waals surface area contributed by atoms with E-state index in [-0.39, 0.29) is 0 Å². The van der Waals surface area contributed by atoms with Crippen LogP contribution in [0.1, 0.15) is 18.4 Å². The van der Waals surface area contributed by atoms with E-state index in [2.05, 4.69) is 10.2 Å². The van der Waals surface area contributed by atoms with Gasteiger partial charge in [-0.05, 0) is 37.9 Å². The largest absolute Gasteiger partial charge is 0.314 e. The molecule has 2 aliphatic heterocycles. The highest BCUT2D eigenvalue weighted by molar-refractivity contribution is 5.19. The molecule has 98 valence electrons. The van der Waals surface area contributed by atoms with E-state index in [1.807, 2.05) is 0 Å². The average Bonchev–Trinajstić information content (AvgIpc) is 2.82. The highest BCUT2D eigenvalue weighted by Crippen LogP contribution is 2.26. The van der Waals surface area contributed by atoms with Crippen molar-refractivity contribution in [1.29, 1.82) is 0 Å². The van der Waals surface area contributed by atoms with E-state index >= 15 is 0 Å². The standard InChI is InChI=1S/C14H18F2N2/c15-12-3-1-2-11(14(12)16)9-18-7-5-13-10(8-18)4-6-17-13/h1-3,10,13,17H,4-9H2. The lowest BCUT2D eigenvalue weighted by Crippen LogP contribution is -2.44. The Morgan fingerprint density at radius 2 is 2.17 bits per heavy atom. The Morgan fingerprint density at radius 3 is 3.06 bits per heavy atom. The van der Waals surface area contributed by atoms with Crippen LogP contribution in [-0.2, 0) is 6.54 Å². The van der Waals surface area contributed by atoms with E-state index < -0.39 is 11.6 Å². The number of nitrogens with one attached hydrogen (secondary N) is 1. The summed E-state index contributed by atoms with van der Waals surface area (Å²) in [7, 11) is 0. The molecule has 3 rings (SSSR count). The Hall–Kier alpha value is -1.00. The molecule has 0 radical (unpaired) electrons. The summed E-state index contributed by atoms with van der Waals surface area (Å²) >= 11 is 0. The number of piperidine rings is 1. The zero-order chi connectivity index (χ0) is 12.5. The van der Waals surface area contributed by atoms with Crippen LogP contribution in [0, 0.1) is 17.6 Å². The van der Waals surface area contributed by atoms with E-state index in [4.69, 9.17) is 0 Å². The van der Waals surface area contributed by atoms with Gasteiger partial charge in [0.25, 0.3) is 0 Å². The number of likely N-dealkylation sites (tertiary alicyclic amines) is 1. The molecule has 0 saturated carbocycles. The third-order valence-electron chi connectivity index (χ3n) is 4.17. The van der Waals surface area contributed by atoms with Gasteiger partial charge < -0.3 is 5.32 Å². The molecule has 0 aliphatic carbocycles. The summed E-state index contributed by atoms with van der Waals surface area (Å²) in [6.07, 6.45) is 2.31. The van der Waals surface area contributed by atoms with Crippen molar-refractivity contribution in [2.45, 2.75) is 25.4 Å². The van der Waals surface area contributed by atoms with E-state index in [1.165, 1.54) is 12.5 Å². The molecule has 2 nitrogen and oxygen atoms in total. The molecule has 0 spiro atoms. The minimum atomic E-state index is -0.745. The molecule has 2 fully saturated rings. The molecule has 0 bridgehead atoms. The zero-order valence-electron chi connectivity index (χ0n) is 10.3. The summed E-state index contributed by atoms with van der Waals surface area (Å²) in [6.45, 7) is 3.57. The van der Waals surface area contributed by atoms with Gasteiger partial charge in [-0.1, -0.05) is 12.1 Å². The topological polar surface area (TPSA) is 15.3 Å². The van der Waals surface area contributed by atoms with Gasteiger partial charge in [0.2, 0.25) is 0 Å². The maximum atomic E-state index is 13.6. The van der Waals surface area contributed by atoms with Gasteiger partial charge in [-0.3, -0.25) is 4.90 Å². The molecular weight excluding hydrogens is 234 g/mol. The fraction of sp³-hybridized carbons (Fsp3) is 0.571. The molecule has 18 heavy (non-hydrogen) atoms. The van der Waals surface area contributed by atoms with Crippen LogP contribution in [0.2, 0.25) is 0 Å². The lowest BCUT2D eigenvalue weighted by atomic mass is 9.93. The summed E-state index contributed by atoms with van der Waals surface area (Å²) < 4.78 is 26.8. The highest BCUT2D eigenvalue weighted by Gasteiger charge is 2.32. The van der Waals surface area contributed by atoms with E-state index in [1.54, 1.807) is 12.1 Å². The van der Waals surface area contributed by atoms with Crippen molar-refractivity contribution in [2.24, 2.45) is 5.92 Å². The minimum absolute atomic E-state index is 0.472. The van der Waals surface area contributed by atoms with Crippen molar-refractivity contribution in [3.05, 3.63) is 35.4 Å². The summed E-state index contributed by atoms with van der Waals surface area (Å²) in [5.74, 6) is -0.760. The Labute approximate surface area is 106 Å². The molecule has 2 heterocycles. The quantitative estimate of drug-likeness (QED) is 0.867. The van der Waals surface area contributed by atoms with Crippen LogP contribution in [0.25, 0.3) is 0 Å². The van der Waals surface area contributed by atoms with Crippen LogP contribution in [0.4, 0.5) is 8.78 Å². The first-order valence-corrected chi connectivity index (χ1v) is 6.62.